The number of nitrogens with zero attached hydrogens (tertiary/aromatic N) is 2. The molecule has 0 radical (unpaired) electrons. The smallest absolute Gasteiger partial charge is 0.287 e. The molecule has 1 heterocycles. The average molecular weight is 432 g/mol. The van der Waals surface area contributed by atoms with E-state index in [2.05, 4.69) is 10.3 Å². The first kappa shape index (κ1) is 20.8. The third-order valence-electron chi connectivity index (χ3n) is 3.89. The number of rotatable bonds is 7. The van der Waals surface area contributed by atoms with Crippen molar-refractivity contribution in [3.05, 3.63) is 70.2 Å². The second-order valence-electron chi connectivity index (χ2n) is 5.82. The highest BCUT2D eigenvalue weighted by Crippen LogP contribution is 2.26. The Hall–Kier alpha value is -2.97. The summed E-state index contributed by atoms with van der Waals surface area (Å²) in [5.41, 5.74) is 0.888. The van der Waals surface area contributed by atoms with Crippen molar-refractivity contribution in [1.82, 2.24) is 9.55 Å². The number of amides is 1. The monoisotopic (exact) mass is 431 g/mol. The van der Waals surface area contributed by atoms with Crippen molar-refractivity contribution in [2.75, 3.05) is 25.3 Å². The number of nitrogens with one attached hydrogen (secondary N) is 1. The van der Waals surface area contributed by atoms with E-state index in [4.69, 9.17) is 21.1 Å². The Morgan fingerprint density at radius 2 is 1.79 bits per heavy atom. The van der Waals surface area contributed by atoms with Crippen LogP contribution in [0.3, 0.4) is 0 Å². The van der Waals surface area contributed by atoms with Crippen molar-refractivity contribution < 1.29 is 14.3 Å². The molecule has 1 N–H and O–H groups in total. The van der Waals surface area contributed by atoms with Gasteiger partial charge in [0.25, 0.3) is 5.56 Å². The summed E-state index contributed by atoms with van der Waals surface area (Å²) in [6.45, 7) is 0. The Kier molecular flexibility index (Phi) is 6.79. The molecule has 0 fully saturated rings. The highest BCUT2D eigenvalue weighted by atomic mass is 35.5. The molecule has 0 saturated carbocycles. The second kappa shape index (κ2) is 9.49. The molecule has 0 unspecified atom stereocenters. The highest BCUT2D eigenvalue weighted by molar-refractivity contribution is 7.99. The molecule has 3 rings (SSSR count). The van der Waals surface area contributed by atoms with Gasteiger partial charge in [0.1, 0.15) is 11.5 Å². The van der Waals surface area contributed by atoms with Gasteiger partial charge in [-0.15, -0.1) is 0 Å². The fraction of sp³-hybridized carbons (Fsp3) is 0.150. The van der Waals surface area contributed by atoms with Gasteiger partial charge >= 0.3 is 0 Å². The SMILES string of the molecule is COc1cc(NC(=O)CSc2nccn(-c3ccc(Cl)cc3)c2=O)cc(OC)c1. The largest absolute Gasteiger partial charge is 0.497 e. The lowest BCUT2D eigenvalue weighted by Crippen LogP contribution is -2.22. The Morgan fingerprint density at radius 3 is 2.41 bits per heavy atom. The number of methoxy groups -OCH3 is 2. The number of aromatic nitrogens is 2. The molecule has 0 aliphatic heterocycles. The van der Waals surface area contributed by atoms with E-state index >= 15 is 0 Å². The summed E-state index contributed by atoms with van der Waals surface area (Å²) in [5.74, 6) is 0.853. The molecule has 2 aromatic carbocycles. The van der Waals surface area contributed by atoms with Gasteiger partial charge in [-0.05, 0) is 24.3 Å². The van der Waals surface area contributed by atoms with E-state index in [1.165, 1.54) is 25.0 Å². The molecule has 3 aromatic rings. The number of halogens is 1. The van der Waals surface area contributed by atoms with Gasteiger partial charge in [0.15, 0.2) is 5.03 Å². The summed E-state index contributed by atoms with van der Waals surface area (Å²) in [6, 6.07) is 11.9. The van der Waals surface area contributed by atoms with E-state index in [-0.39, 0.29) is 22.2 Å². The van der Waals surface area contributed by atoms with Crippen LogP contribution in [-0.2, 0) is 4.79 Å². The second-order valence-corrected chi connectivity index (χ2v) is 7.22. The molecule has 0 spiro atoms. The van der Waals surface area contributed by atoms with Crippen LogP contribution < -0.4 is 20.3 Å². The number of hydrogen-bond acceptors (Lipinski definition) is 6. The molecule has 1 amide bonds. The van der Waals surface area contributed by atoms with Gasteiger partial charge in [-0.25, -0.2) is 4.98 Å². The van der Waals surface area contributed by atoms with Crippen LogP contribution in [-0.4, -0.2) is 35.4 Å². The van der Waals surface area contributed by atoms with Crippen LogP contribution in [0, 0.1) is 0 Å². The van der Waals surface area contributed by atoms with Gasteiger partial charge in [0.2, 0.25) is 5.91 Å². The predicted octanol–water partition coefficient (Wildman–Crippen LogP) is 3.63. The summed E-state index contributed by atoms with van der Waals surface area (Å²) in [6.07, 6.45) is 3.08. The number of hydrogen-bond donors (Lipinski definition) is 1. The van der Waals surface area contributed by atoms with Crippen molar-refractivity contribution in [1.29, 1.82) is 0 Å². The van der Waals surface area contributed by atoms with Gasteiger partial charge in [0, 0.05) is 47.0 Å². The van der Waals surface area contributed by atoms with Crippen LogP contribution >= 0.6 is 23.4 Å². The molecule has 150 valence electrons. The van der Waals surface area contributed by atoms with Gasteiger partial charge < -0.3 is 14.8 Å². The molecular weight excluding hydrogens is 414 g/mol. The highest BCUT2D eigenvalue weighted by Gasteiger charge is 2.11. The first-order valence-electron chi connectivity index (χ1n) is 8.49. The molecule has 0 aliphatic carbocycles. The van der Waals surface area contributed by atoms with Crippen LogP contribution in [0.2, 0.25) is 5.02 Å². The third-order valence-corrected chi connectivity index (χ3v) is 5.10. The molecular formula is C20H18ClN3O4S. The van der Waals surface area contributed by atoms with E-state index in [1.807, 2.05) is 0 Å². The molecule has 0 aliphatic rings. The molecule has 0 saturated heterocycles. The lowest BCUT2D eigenvalue weighted by atomic mass is 10.2. The Balaban J connectivity index is 1.70. The molecule has 29 heavy (non-hydrogen) atoms. The van der Waals surface area contributed by atoms with Crippen LogP contribution in [0.4, 0.5) is 5.69 Å². The van der Waals surface area contributed by atoms with Crippen LogP contribution in [0.15, 0.2) is 64.7 Å². The molecule has 1 aromatic heterocycles. The van der Waals surface area contributed by atoms with E-state index in [0.29, 0.717) is 27.9 Å². The summed E-state index contributed by atoms with van der Waals surface area (Å²) in [5, 5.41) is 3.57. The first-order valence-corrected chi connectivity index (χ1v) is 9.86. The number of ether oxygens (including phenoxy) is 2. The van der Waals surface area contributed by atoms with Crippen LogP contribution in [0.5, 0.6) is 11.5 Å². The zero-order valence-corrected chi connectivity index (χ0v) is 17.3. The number of carbonyl (C=O) groups excluding carboxylic acids is 1. The van der Waals surface area contributed by atoms with Gasteiger partial charge in [0.05, 0.1) is 20.0 Å². The van der Waals surface area contributed by atoms with E-state index in [9.17, 15) is 9.59 Å². The minimum Gasteiger partial charge on any atom is -0.497 e. The summed E-state index contributed by atoms with van der Waals surface area (Å²) < 4.78 is 11.8. The predicted molar refractivity (Wildman–Crippen MR) is 114 cm³/mol. The minimum absolute atomic E-state index is 0.0202. The van der Waals surface area contributed by atoms with Crippen molar-refractivity contribution in [2.24, 2.45) is 0 Å². The van der Waals surface area contributed by atoms with Crippen LogP contribution in [0.25, 0.3) is 5.69 Å². The summed E-state index contributed by atoms with van der Waals surface area (Å²) in [4.78, 5) is 29.1. The Labute approximate surface area is 176 Å². The van der Waals surface area contributed by atoms with Crippen molar-refractivity contribution in [3.8, 4) is 17.2 Å². The first-order chi connectivity index (χ1) is 14.0. The zero-order valence-electron chi connectivity index (χ0n) is 15.7. The van der Waals surface area contributed by atoms with Crippen molar-refractivity contribution in [2.45, 2.75) is 5.03 Å². The zero-order chi connectivity index (χ0) is 20.8. The van der Waals surface area contributed by atoms with Gasteiger partial charge in [-0.3, -0.25) is 14.2 Å². The average Bonchev–Trinajstić information content (AvgIpc) is 2.73. The standard InChI is InChI=1S/C20H18ClN3O4S/c1-27-16-9-14(10-17(11-16)28-2)23-18(25)12-29-19-20(26)24(8-7-22-19)15-5-3-13(21)4-6-15/h3-11H,12H2,1-2H3,(H,23,25). The lowest BCUT2D eigenvalue weighted by Gasteiger charge is -2.10. The molecule has 0 atom stereocenters. The van der Waals surface area contributed by atoms with E-state index in [0.717, 1.165) is 11.8 Å². The van der Waals surface area contributed by atoms with Crippen LogP contribution in [0.1, 0.15) is 0 Å². The Bertz CT molecular complexity index is 1050. The van der Waals surface area contributed by atoms with Crippen molar-refractivity contribution in [3.63, 3.8) is 0 Å². The Morgan fingerprint density at radius 1 is 1.14 bits per heavy atom. The number of carbonyl (C=O) groups is 1. The van der Waals surface area contributed by atoms with Gasteiger partial charge in [-0.1, -0.05) is 23.4 Å². The molecule has 7 nitrogen and oxygen atoms in total. The number of benzene rings is 2. The van der Waals surface area contributed by atoms with E-state index in [1.54, 1.807) is 48.7 Å². The quantitative estimate of drug-likeness (QED) is 0.575. The summed E-state index contributed by atoms with van der Waals surface area (Å²) >= 11 is 6.96. The van der Waals surface area contributed by atoms with Gasteiger partial charge in [-0.2, -0.15) is 0 Å². The topological polar surface area (TPSA) is 82.5 Å². The number of anilines is 1. The normalized spacial score (nSPS) is 10.4. The maximum atomic E-state index is 12.7. The molecule has 9 heteroatoms. The van der Waals surface area contributed by atoms with Crippen molar-refractivity contribution >= 4 is 35.0 Å². The minimum atomic E-state index is -0.310. The fourth-order valence-electron chi connectivity index (χ4n) is 2.51. The summed E-state index contributed by atoms with van der Waals surface area (Å²) in [7, 11) is 3.06. The molecule has 0 bridgehead atoms. The third kappa shape index (κ3) is 5.30. The maximum absolute atomic E-state index is 12.7. The lowest BCUT2D eigenvalue weighted by molar-refractivity contribution is -0.113. The maximum Gasteiger partial charge on any atom is 0.287 e. The fourth-order valence-corrected chi connectivity index (χ4v) is 3.33. The van der Waals surface area contributed by atoms with E-state index < -0.39 is 0 Å². The number of thioether (sulfide) groups is 1.